The van der Waals surface area contributed by atoms with Crippen LogP contribution in [0.15, 0.2) is 41.6 Å². The van der Waals surface area contributed by atoms with Crippen molar-refractivity contribution in [1.82, 2.24) is 15.3 Å². The summed E-state index contributed by atoms with van der Waals surface area (Å²) >= 11 is 5.70. The second-order valence-corrected chi connectivity index (χ2v) is 5.94. The molecule has 1 aromatic carbocycles. The molecule has 0 saturated heterocycles. The molecule has 1 atom stereocenters. The third-order valence-corrected chi connectivity index (χ3v) is 3.96. The van der Waals surface area contributed by atoms with Gasteiger partial charge in [0.2, 0.25) is 0 Å². The fraction of sp³-hybridized carbons (Fsp3) is 0.143. The average molecular weight is 318 g/mol. The van der Waals surface area contributed by atoms with Crippen LogP contribution in [0.5, 0.6) is 0 Å². The lowest BCUT2D eigenvalue weighted by molar-refractivity contribution is 0.0944. The molecule has 0 aliphatic carbocycles. The van der Waals surface area contributed by atoms with Gasteiger partial charge in [0.25, 0.3) is 5.91 Å². The number of rotatable bonds is 4. The van der Waals surface area contributed by atoms with Gasteiger partial charge in [-0.15, -0.1) is 12.6 Å². The summed E-state index contributed by atoms with van der Waals surface area (Å²) in [7, 11) is 0. The van der Waals surface area contributed by atoms with Gasteiger partial charge in [-0.2, -0.15) is 0 Å². The van der Waals surface area contributed by atoms with Crippen LogP contribution in [-0.4, -0.2) is 27.1 Å². The number of benzene rings is 1. The molecule has 1 aromatic heterocycles. The Hall–Kier alpha value is -1.86. The SMILES string of the molecule is O=C1NC(S)Nc2nc(SC/C=C/c3ccccc3)[nH]c21. The van der Waals surface area contributed by atoms with E-state index < -0.39 is 5.50 Å². The van der Waals surface area contributed by atoms with Crippen LogP contribution in [0, 0.1) is 0 Å². The highest BCUT2D eigenvalue weighted by atomic mass is 32.2. The first-order valence-corrected chi connectivity index (χ1v) is 7.92. The van der Waals surface area contributed by atoms with Gasteiger partial charge in [0.1, 0.15) is 11.2 Å². The van der Waals surface area contributed by atoms with E-state index in [1.165, 1.54) is 11.8 Å². The molecular formula is C14H14N4OS2. The number of amides is 1. The Kier molecular flexibility index (Phi) is 4.21. The van der Waals surface area contributed by atoms with Crippen molar-refractivity contribution in [2.45, 2.75) is 10.7 Å². The Labute approximate surface area is 132 Å². The third-order valence-electron chi connectivity index (χ3n) is 2.88. The fourth-order valence-corrected chi connectivity index (χ4v) is 2.85. The van der Waals surface area contributed by atoms with Gasteiger partial charge in [-0.1, -0.05) is 54.2 Å². The van der Waals surface area contributed by atoms with E-state index in [1.807, 2.05) is 30.3 Å². The van der Waals surface area contributed by atoms with Gasteiger partial charge in [-0.3, -0.25) is 4.79 Å². The second kappa shape index (κ2) is 6.28. The normalized spacial score (nSPS) is 17.4. The molecule has 5 nitrogen and oxygen atoms in total. The molecule has 2 aromatic rings. The van der Waals surface area contributed by atoms with Crippen molar-refractivity contribution in [1.29, 1.82) is 0 Å². The van der Waals surface area contributed by atoms with Crippen LogP contribution < -0.4 is 10.6 Å². The number of carbonyl (C=O) groups excluding carboxylic acids is 1. The van der Waals surface area contributed by atoms with E-state index in [2.05, 4.69) is 45.4 Å². The lowest BCUT2D eigenvalue weighted by Crippen LogP contribution is -2.41. The average Bonchev–Trinajstić information content (AvgIpc) is 2.88. The summed E-state index contributed by atoms with van der Waals surface area (Å²) < 4.78 is 0. The Balaban J connectivity index is 1.61. The van der Waals surface area contributed by atoms with Crippen molar-refractivity contribution in [3.63, 3.8) is 0 Å². The summed E-state index contributed by atoms with van der Waals surface area (Å²) in [6, 6.07) is 10.1. The molecule has 21 heavy (non-hydrogen) atoms. The molecule has 1 amide bonds. The second-order valence-electron chi connectivity index (χ2n) is 4.41. The molecule has 1 unspecified atom stereocenters. The number of anilines is 1. The number of carbonyl (C=O) groups is 1. The van der Waals surface area contributed by atoms with Crippen molar-refractivity contribution in [3.8, 4) is 0 Å². The topological polar surface area (TPSA) is 69.8 Å². The maximum absolute atomic E-state index is 11.7. The van der Waals surface area contributed by atoms with E-state index >= 15 is 0 Å². The summed E-state index contributed by atoms with van der Waals surface area (Å²) in [5.41, 5.74) is 1.22. The van der Waals surface area contributed by atoms with Gasteiger partial charge >= 0.3 is 0 Å². The number of fused-ring (bicyclic) bond motifs is 1. The lowest BCUT2D eigenvalue weighted by Gasteiger charge is -2.19. The molecule has 2 heterocycles. The zero-order valence-electron chi connectivity index (χ0n) is 11.0. The van der Waals surface area contributed by atoms with Crippen LogP contribution >= 0.6 is 24.4 Å². The number of aromatic nitrogens is 2. The number of nitrogens with zero attached hydrogens (tertiary/aromatic N) is 1. The van der Waals surface area contributed by atoms with E-state index in [-0.39, 0.29) is 5.91 Å². The summed E-state index contributed by atoms with van der Waals surface area (Å²) in [6.07, 6.45) is 4.13. The number of thiol groups is 1. The first-order chi connectivity index (χ1) is 10.2. The number of aromatic amines is 1. The number of hydrogen-bond donors (Lipinski definition) is 4. The van der Waals surface area contributed by atoms with E-state index in [1.54, 1.807) is 0 Å². The number of thioether (sulfide) groups is 1. The van der Waals surface area contributed by atoms with Crippen LogP contribution in [0.3, 0.4) is 0 Å². The van der Waals surface area contributed by atoms with E-state index in [0.717, 1.165) is 11.3 Å². The smallest absolute Gasteiger partial charge is 0.273 e. The first-order valence-electron chi connectivity index (χ1n) is 6.42. The summed E-state index contributed by atoms with van der Waals surface area (Å²) in [4.78, 5) is 19.1. The van der Waals surface area contributed by atoms with Gasteiger partial charge in [0.05, 0.1) is 0 Å². The minimum atomic E-state index is -0.399. The van der Waals surface area contributed by atoms with Crippen LogP contribution in [0.2, 0.25) is 0 Å². The molecule has 1 aliphatic heterocycles. The van der Waals surface area contributed by atoms with E-state index in [0.29, 0.717) is 16.7 Å². The number of H-pyrrole nitrogens is 1. The molecule has 3 N–H and O–H groups in total. The van der Waals surface area contributed by atoms with Crippen molar-refractivity contribution in [3.05, 3.63) is 47.7 Å². The van der Waals surface area contributed by atoms with Gasteiger partial charge < -0.3 is 15.6 Å². The van der Waals surface area contributed by atoms with Crippen LogP contribution in [0.1, 0.15) is 16.1 Å². The first kappa shape index (κ1) is 14.1. The fourth-order valence-electron chi connectivity index (χ4n) is 1.93. The molecule has 7 heteroatoms. The summed E-state index contributed by atoms with van der Waals surface area (Å²) in [5, 5.41) is 6.35. The number of hydrogen-bond acceptors (Lipinski definition) is 5. The third kappa shape index (κ3) is 3.43. The number of nitrogens with one attached hydrogen (secondary N) is 3. The quantitative estimate of drug-likeness (QED) is 0.517. The van der Waals surface area contributed by atoms with Crippen molar-refractivity contribution in [2.24, 2.45) is 0 Å². The van der Waals surface area contributed by atoms with Crippen LogP contribution in [0.25, 0.3) is 6.08 Å². The highest BCUT2D eigenvalue weighted by Crippen LogP contribution is 2.24. The Bertz CT molecular complexity index is 669. The Morgan fingerprint density at radius 2 is 2.10 bits per heavy atom. The molecule has 1 aliphatic rings. The molecule has 0 spiro atoms. The zero-order valence-corrected chi connectivity index (χ0v) is 12.7. The minimum Gasteiger partial charge on any atom is -0.340 e. The van der Waals surface area contributed by atoms with E-state index in [4.69, 9.17) is 0 Å². The number of imidazole rings is 1. The standard InChI is InChI=1S/C14H14N4OS2/c19-12-10-11(16-13(20)18-12)17-14(15-10)21-8-4-7-9-5-2-1-3-6-9/h1-7,13,16,20H,8H2,(H,15,17)(H,18,19)/b7-4+. The van der Waals surface area contributed by atoms with Crippen molar-refractivity contribution in [2.75, 3.05) is 11.1 Å². The molecular weight excluding hydrogens is 304 g/mol. The predicted octanol–water partition coefficient (Wildman–Crippen LogP) is 2.58. The Morgan fingerprint density at radius 1 is 1.29 bits per heavy atom. The molecule has 0 radical (unpaired) electrons. The molecule has 0 saturated carbocycles. The highest BCUT2D eigenvalue weighted by molar-refractivity contribution is 7.99. The molecule has 0 fully saturated rings. The summed E-state index contributed by atoms with van der Waals surface area (Å²) in [5.74, 6) is 1.13. The van der Waals surface area contributed by atoms with Crippen LogP contribution in [-0.2, 0) is 0 Å². The highest BCUT2D eigenvalue weighted by Gasteiger charge is 2.25. The van der Waals surface area contributed by atoms with Gasteiger partial charge in [0.15, 0.2) is 11.0 Å². The van der Waals surface area contributed by atoms with Gasteiger partial charge in [-0.05, 0) is 5.56 Å². The van der Waals surface area contributed by atoms with Gasteiger partial charge in [0, 0.05) is 5.75 Å². The van der Waals surface area contributed by atoms with Crippen molar-refractivity contribution < 1.29 is 4.79 Å². The maximum Gasteiger partial charge on any atom is 0.273 e. The molecule has 108 valence electrons. The minimum absolute atomic E-state index is 0.192. The van der Waals surface area contributed by atoms with Crippen LogP contribution in [0.4, 0.5) is 5.82 Å². The van der Waals surface area contributed by atoms with Crippen molar-refractivity contribution >= 4 is 42.2 Å². The molecule has 0 bridgehead atoms. The van der Waals surface area contributed by atoms with E-state index in [9.17, 15) is 4.79 Å². The zero-order chi connectivity index (χ0) is 14.7. The predicted molar refractivity (Wildman–Crippen MR) is 88.7 cm³/mol. The molecule has 3 rings (SSSR count). The Morgan fingerprint density at radius 3 is 2.90 bits per heavy atom. The van der Waals surface area contributed by atoms with Gasteiger partial charge in [-0.25, -0.2) is 4.98 Å². The summed E-state index contributed by atoms with van der Waals surface area (Å²) in [6.45, 7) is 0. The largest absolute Gasteiger partial charge is 0.340 e. The maximum atomic E-state index is 11.7. The lowest BCUT2D eigenvalue weighted by atomic mass is 10.2. The monoisotopic (exact) mass is 318 g/mol.